The van der Waals surface area contributed by atoms with Crippen LogP contribution < -0.4 is 9.47 Å². The summed E-state index contributed by atoms with van der Waals surface area (Å²) in [5.74, 6) is 1.43. The van der Waals surface area contributed by atoms with Gasteiger partial charge in [0, 0.05) is 0 Å². The molecule has 0 bridgehead atoms. The van der Waals surface area contributed by atoms with Crippen molar-refractivity contribution >= 4 is 0 Å². The van der Waals surface area contributed by atoms with Crippen molar-refractivity contribution in [2.75, 3.05) is 7.11 Å². The Labute approximate surface area is 118 Å². The molecule has 0 saturated heterocycles. The van der Waals surface area contributed by atoms with Crippen LogP contribution >= 0.6 is 0 Å². The van der Waals surface area contributed by atoms with E-state index in [2.05, 4.69) is 0 Å². The molecule has 0 saturated carbocycles. The SMILES string of the molecule is COc1cc([C@@H](C)O)ccc1OCc1ccc(O)cc1. The zero-order valence-corrected chi connectivity index (χ0v) is 11.5. The van der Waals surface area contributed by atoms with Gasteiger partial charge in [-0.25, -0.2) is 0 Å². The van der Waals surface area contributed by atoms with Crippen LogP contribution in [0, 0.1) is 0 Å². The molecular formula is C16H18O4. The quantitative estimate of drug-likeness (QED) is 0.880. The first kappa shape index (κ1) is 14.2. The average molecular weight is 274 g/mol. The number of aliphatic hydroxyl groups excluding tert-OH is 1. The van der Waals surface area contributed by atoms with E-state index < -0.39 is 6.10 Å². The molecule has 0 aliphatic rings. The Morgan fingerprint density at radius 2 is 1.75 bits per heavy atom. The van der Waals surface area contributed by atoms with Gasteiger partial charge < -0.3 is 19.7 Å². The molecule has 0 unspecified atom stereocenters. The van der Waals surface area contributed by atoms with E-state index in [4.69, 9.17) is 9.47 Å². The third-order valence-electron chi connectivity index (χ3n) is 3.00. The van der Waals surface area contributed by atoms with Crippen molar-refractivity contribution in [2.45, 2.75) is 19.6 Å². The molecule has 4 nitrogen and oxygen atoms in total. The second-order valence-electron chi connectivity index (χ2n) is 4.54. The third kappa shape index (κ3) is 3.42. The normalized spacial score (nSPS) is 11.9. The van der Waals surface area contributed by atoms with E-state index in [9.17, 15) is 10.2 Å². The minimum absolute atomic E-state index is 0.229. The molecule has 0 fully saturated rings. The lowest BCUT2D eigenvalue weighted by atomic mass is 10.1. The second kappa shape index (κ2) is 6.30. The first-order valence-corrected chi connectivity index (χ1v) is 6.37. The molecule has 0 aliphatic carbocycles. The Morgan fingerprint density at radius 1 is 1.05 bits per heavy atom. The summed E-state index contributed by atoms with van der Waals surface area (Å²) >= 11 is 0. The van der Waals surface area contributed by atoms with E-state index in [0.29, 0.717) is 18.1 Å². The predicted octanol–water partition coefficient (Wildman–Crippen LogP) is 3.03. The van der Waals surface area contributed by atoms with E-state index >= 15 is 0 Å². The Bertz CT molecular complexity index is 561. The van der Waals surface area contributed by atoms with Gasteiger partial charge in [0.15, 0.2) is 11.5 Å². The number of phenols is 1. The topological polar surface area (TPSA) is 58.9 Å². The first-order valence-electron chi connectivity index (χ1n) is 6.37. The maximum atomic E-state index is 9.55. The Kier molecular flexibility index (Phi) is 4.48. The van der Waals surface area contributed by atoms with E-state index in [1.165, 1.54) is 0 Å². The Hall–Kier alpha value is -2.20. The molecule has 106 valence electrons. The molecule has 2 aromatic rings. The van der Waals surface area contributed by atoms with Crippen LogP contribution in [0.15, 0.2) is 42.5 Å². The average Bonchev–Trinajstić information content (AvgIpc) is 2.46. The fraction of sp³-hybridized carbons (Fsp3) is 0.250. The molecule has 2 N–H and O–H groups in total. The van der Waals surface area contributed by atoms with E-state index in [1.54, 1.807) is 56.5 Å². The molecule has 2 rings (SSSR count). The molecule has 4 heteroatoms. The summed E-state index contributed by atoms with van der Waals surface area (Å²) in [5, 5.41) is 18.8. The number of aliphatic hydroxyl groups is 1. The van der Waals surface area contributed by atoms with Crippen molar-refractivity contribution in [1.82, 2.24) is 0 Å². The molecule has 0 radical (unpaired) electrons. The van der Waals surface area contributed by atoms with E-state index in [1.807, 2.05) is 0 Å². The van der Waals surface area contributed by atoms with Crippen molar-refractivity contribution < 1.29 is 19.7 Å². The van der Waals surface area contributed by atoms with Crippen LogP contribution in [-0.4, -0.2) is 17.3 Å². The van der Waals surface area contributed by atoms with Crippen LogP contribution in [0.4, 0.5) is 0 Å². The van der Waals surface area contributed by atoms with Crippen molar-refractivity contribution in [2.24, 2.45) is 0 Å². The number of rotatable bonds is 5. The zero-order chi connectivity index (χ0) is 14.5. The van der Waals surface area contributed by atoms with Gasteiger partial charge in [0.1, 0.15) is 12.4 Å². The van der Waals surface area contributed by atoms with Gasteiger partial charge in [-0.05, 0) is 42.3 Å². The van der Waals surface area contributed by atoms with Crippen LogP contribution in [0.5, 0.6) is 17.2 Å². The highest BCUT2D eigenvalue weighted by molar-refractivity contribution is 5.43. The highest BCUT2D eigenvalue weighted by atomic mass is 16.5. The smallest absolute Gasteiger partial charge is 0.161 e. The minimum atomic E-state index is -0.546. The number of phenolic OH excluding ortho intramolecular Hbond substituents is 1. The zero-order valence-electron chi connectivity index (χ0n) is 11.5. The lowest BCUT2D eigenvalue weighted by Gasteiger charge is -2.13. The molecule has 0 aromatic heterocycles. The highest BCUT2D eigenvalue weighted by Gasteiger charge is 2.09. The van der Waals surface area contributed by atoms with Gasteiger partial charge in [-0.1, -0.05) is 18.2 Å². The fourth-order valence-corrected chi connectivity index (χ4v) is 1.82. The van der Waals surface area contributed by atoms with E-state index in [-0.39, 0.29) is 5.75 Å². The van der Waals surface area contributed by atoms with Crippen molar-refractivity contribution in [1.29, 1.82) is 0 Å². The van der Waals surface area contributed by atoms with Gasteiger partial charge in [-0.3, -0.25) is 0 Å². The molecule has 0 heterocycles. The summed E-state index contributed by atoms with van der Waals surface area (Å²) in [7, 11) is 1.56. The van der Waals surface area contributed by atoms with Crippen molar-refractivity contribution in [3.8, 4) is 17.2 Å². The van der Waals surface area contributed by atoms with Crippen molar-refractivity contribution in [3.63, 3.8) is 0 Å². The Balaban J connectivity index is 2.10. The standard InChI is InChI=1S/C16H18O4/c1-11(17)13-5-8-15(16(9-13)19-2)20-10-12-3-6-14(18)7-4-12/h3-9,11,17-18H,10H2,1-2H3/t11-/m1/s1. The molecule has 20 heavy (non-hydrogen) atoms. The summed E-state index contributed by atoms with van der Waals surface area (Å²) in [5.41, 5.74) is 1.73. The molecule has 0 spiro atoms. The maximum Gasteiger partial charge on any atom is 0.161 e. The summed E-state index contributed by atoms with van der Waals surface area (Å²) in [6.45, 7) is 2.08. The van der Waals surface area contributed by atoms with Crippen LogP contribution in [0.3, 0.4) is 0 Å². The molecule has 1 atom stereocenters. The predicted molar refractivity (Wildman–Crippen MR) is 76.1 cm³/mol. The van der Waals surface area contributed by atoms with Gasteiger partial charge in [0.05, 0.1) is 13.2 Å². The van der Waals surface area contributed by atoms with Crippen LogP contribution in [0.2, 0.25) is 0 Å². The number of hydrogen-bond acceptors (Lipinski definition) is 4. The molecule has 0 amide bonds. The number of benzene rings is 2. The van der Waals surface area contributed by atoms with E-state index in [0.717, 1.165) is 11.1 Å². The van der Waals surface area contributed by atoms with Crippen LogP contribution in [0.25, 0.3) is 0 Å². The van der Waals surface area contributed by atoms with Gasteiger partial charge in [0.2, 0.25) is 0 Å². The summed E-state index contributed by atoms with van der Waals surface area (Å²) < 4.78 is 11.0. The van der Waals surface area contributed by atoms with Crippen LogP contribution in [0.1, 0.15) is 24.2 Å². The van der Waals surface area contributed by atoms with Gasteiger partial charge >= 0.3 is 0 Å². The molecular weight excluding hydrogens is 256 g/mol. The number of aromatic hydroxyl groups is 1. The fourth-order valence-electron chi connectivity index (χ4n) is 1.82. The monoisotopic (exact) mass is 274 g/mol. The lowest BCUT2D eigenvalue weighted by molar-refractivity contribution is 0.198. The summed E-state index contributed by atoms with van der Waals surface area (Å²) in [6, 6.07) is 12.2. The Morgan fingerprint density at radius 3 is 2.35 bits per heavy atom. The number of methoxy groups -OCH3 is 1. The molecule has 0 aliphatic heterocycles. The summed E-state index contributed by atoms with van der Waals surface area (Å²) in [6.07, 6.45) is -0.546. The largest absolute Gasteiger partial charge is 0.508 e. The third-order valence-corrected chi connectivity index (χ3v) is 3.00. The highest BCUT2D eigenvalue weighted by Crippen LogP contribution is 2.30. The lowest BCUT2D eigenvalue weighted by Crippen LogP contribution is -1.99. The number of hydrogen-bond donors (Lipinski definition) is 2. The van der Waals surface area contributed by atoms with Crippen LogP contribution in [-0.2, 0) is 6.61 Å². The van der Waals surface area contributed by atoms with Gasteiger partial charge in [-0.15, -0.1) is 0 Å². The summed E-state index contributed by atoms with van der Waals surface area (Å²) in [4.78, 5) is 0. The second-order valence-corrected chi connectivity index (χ2v) is 4.54. The minimum Gasteiger partial charge on any atom is -0.508 e. The first-order chi connectivity index (χ1) is 9.60. The molecule has 2 aromatic carbocycles. The number of ether oxygens (including phenoxy) is 2. The maximum absolute atomic E-state index is 9.55. The van der Waals surface area contributed by atoms with Gasteiger partial charge in [0.25, 0.3) is 0 Å². The van der Waals surface area contributed by atoms with Gasteiger partial charge in [-0.2, -0.15) is 0 Å². The van der Waals surface area contributed by atoms with Crippen molar-refractivity contribution in [3.05, 3.63) is 53.6 Å².